The van der Waals surface area contributed by atoms with Crippen LogP contribution in [0.1, 0.15) is 30.5 Å². The number of nitrogens with zero attached hydrogens (tertiary/aromatic N) is 3. The number of rotatable bonds is 5. The number of fused-ring (bicyclic) bond motifs is 1. The van der Waals surface area contributed by atoms with Gasteiger partial charge in [-0.15, -0.1) is 0 Å². The van der Waals surface area contributed by atoms with Gasteiger partial charge >= 0.3 is 0 Å². The summed E-state index contributed by atoms with van der Waals surface area (Å²) < 4.78 is 13.2. The van der Waals surface area contributed by atoms with E-state index >= 15 is 0 Å². The molecule has 0 unspecified atom stereocenters. The van der Waals surface area contributed by atoms with Crippen LogP contribution in [0.5, 0.6) is 0 Å². The Hall–Kier alpha value is -2.67. The number of hydrogen-bond acceptors (Lipinski definition) is 5. The highest BCUT2D eigenvalue weighted by atomic mass is 16.5. The summed E-state index contributed by atoms with van der Waals surface area (Å²) in [6.07, 6.45) is 5.81. The van der Waals surface area contributed by atoms with E-state index in [1.54, 1.807) is 6.20 Å². The fourth-order valence-corrected chi connectivity index (χ4v) is 3.51. The number of benzene rings is 1. The number of nitrogens with one attached hydrogen (secondary N) is 1. The number of para-hydroxylation sites is 1. The van der Waals surface area contributed by atoms with E-state index in [1.807, 2.05) is 42.1 Å². The molecule has 0 saturated carbocycles. The van der Waals surface area contributed by atoms with Crippen LogP contribution in [0.4, 0.5) is 0 Å². The highest BCUT2D eigenvalue weighted by Crippen LogP contribution is 2.32. The van der Waals surface area contributed by atoms with Crippen molar-refractivity contribution in [3.05, 3.63) is 48.2 Å². The van der Waals surface area contributed by atoms with Crippen molar-refractivity contribution in [3.8, 4) is 0 Å². The Balaban J connectivity index is 1.39. The maximum atomic E-state index is 12.4. The second-order valence-corrected chi connectivity index (χ2v) is 6.70. The second-order valence-electron chi connectivity index (χ2n) is 6.70. The van der Waals surface area contributed by atoms with Crippen molar-refractivity contribution < 1.29 is 14.1 Å². The van der Waals surface area contributed by atoms with Gasteiger partial charge < -0.3 is 19.1 Å². The Kier molecular flexibility index (Phi) is 4.71. The number of aromatic nitrogens is 3. The normalized spacial score (nSPS) is 20.3. The van der Waals surface area contributed by atoms with Crippen LogP contribution in [0.3, 0.4) is 0 Å². The Morgan fingerprint density at radius 1 is 1.38 bits per heavy atom. The van der Waals surface area contributed by atoms with Gasteiger partial charge in [0.1, 0.15) is 17.6 Å². The molecule has 26 heavy (non-hydrogen) atoms. The molecule has 3 aromatic rings. The molecule has 2 atom stereocenters. The van der Waals surface area contributed by atoms with Crippen LogP contribution in [0.2, 0.25) is 0 Å². The maximum Gasteiger partial charge on any atom is 0.226 e. The van der Waals surface area contributed by atoms with Crippen molar-refractivity contribution in [1.82, 2.24) is 20.0 Å². The van der Waals surface area contributed by atoms with E-state index in [2.05, 4.69) is 15.5 Å². The van der Waals surface area contributed by atoms with Crippen molar-refractivity contribution in [3.63, 3.8) is 0 Å². The van der Waals surface area contributed by atoms with Crippen LogP contribution < -0.4 is 5.32 Å². The SMILES string of the molecule is Cn1ccnc1[C@@H]1OCCC[C@H]1CNC(=O)Cc1noc2ccccc12. The van der Waals surface area contributed by atoms with Crippen LogP contribution in [0, 0.1) is 5.92 Å². The topological polar surface area (TPSA) is 82.2 Å². The van der Waals surface area contributed by atoms with Gasteiger partial charge in [0, 0.05) is 43.9 Å². The highest BCUT2D eigenvalue weighted by molar-refractivity contribution is 5.86. The van der Waals surface area contributed by atoms with E-state index in [4.69, 9.17) is 9.26 Å². The van der Waals surface area contributed by atoms with E-state index in [1.165, 1.54) is 0 Å². The van der Waals surface area contributed by atoms with E-state index in [-0.39, 0.29) is 24.3 Å². The summed E-state index contributed by atoms with van der Waals surface area (Å²) in [5, 5.41) is 7.94. The van der Waals surface area contributed by atoms with Gasteiger partial charge in [0.05, 0.1) is 6.42 Å². The Bertz CT molecular complexity index is 901. The zero-order chi connectivity index (χ0) is 17.9. The molecule has 1 N–H and O–H groups in total. The number of aryl methyl sites for hydroxylation is 1. The molecule has 1 aliphatic heterocycles. The third-order valence-electron chi connectivity index (χ3n) is 4.90. The Morgan fingerprint density at radius 3 is 3.12 bits per heavy atom. The first-order valence-corrected chi connectivity index (χ1v) is 8.91. The van der Waals surface area contributed by atoms with Crippen LogP contribution in [-0.2, 0) is 23.0 Å². The number of carbonyl (C=O) groups is 1. The van der Waals surface area contributed by atoms with Gasteiger partial charge in [0.15, 0.2) is 5.58 Å². The summed E-state index contributed by atoms with van der Waals surface area (Å²) in [7, 11) is 1.96. The van der Waals surface area contributed by atoms with Gasteiger partial charge in [-0.25, -0.2) is 4.98 Å². The monoisotopic (exact) mass is 354 g/mol. The lowest BCUT2D eigenvalue weighted by molar-refractivity contribution is -0.121. The van der Waals surface area contributed by atoms with Crippen molar-refractivity contribution in [1.29, 1.82) is 0 Å². The number of carbonyl (C=O) groups excluding carboxylic acids is 1. The molecule has 7 nitrogen and oxygen atoms in total. The largest absolute Gasteiger partial charge is 0.370 e. The molecule has 0 aliphatic carbocycles. The Morgan fingerprint density at radius 2 is 2.27 bits per heavy atom. The first-order valence-electron chi connectivity index (χ1n) is 8.91. The minimum absolute atomic E-state index is 0.0618. The lowest BCUT2D eigenvalue weighted by Gasteiger charge is -2.31. The fourth-order valence-electron chi connectivity index (χ4n) is 3.51. The van der Waals surface area contributed by atoms with Crippen molar-refractivity contribution in [2.75, 3.05) is 13.2 Å². The quantitative estimate of drug-likeness (QED) is 0.761. The van der Waals surface area contributed by atoms with Crippen LogP contribution in [0.15, 0.2) is 41.2 Å². The van der Waals surface area contributed by atoms with Crippen LogP contribution >= 0.6 is 0 Å². The van der Waals surface area contributed by atoms with Gasteiger partial charge in [0.25, 0.3) is 0 Å². The van der Waals surface area contributed by atoms with E-state index in [9.17, 15) is 4.79 Å². The molecule has 136 valence electrons. The van der Waals surface area contributed by atoms with Gasteiger partial charge in [-0.2, -0.15) is 0 Å². The number of imidazole rings is 1. The predicted octanol–water partition coefficient (Wildman–Crippen LogP) is 2.39. The minimum atomic E-state index is -0.0862. The molecule has 1 aliphatic rings. The van der Waals surface area contributed by atoms with Crippen LogP contribution in [-0.4, -0.2) is 33.8 Å². The molecule has 1 amide bonds. The van der Waals surface area contributed by atoms with Crippen molar-refractivity contribution in [2.45, 2.75) is 25.4 Å². The molecule has 2 aromatic heterocycles. The average Bonchev–Trinajstić information content (AvgIpc) is 3.27. The third kappa shape index (κ3) is 3.35. The molecule has 1 fully saturated rings. The molecular formula is C19H22N4O3. The lowest BCUT2D eigenvalue weighted by Crippen LogP contribution is -2.36. The molecule has 0 bridgehead atoms. The van der Waals surface area contributed by atoms with Gasteiger partial charge in [-0.3, -0.25) is 4.79 Å². The summed E-state index contributed by atoms with van der Waals surface area (Å²) >= 11 is 0. The van der Waals surface area contributed by atoms with Gasteiger partial charge in [-0.05, 0) is 25.0 Å². The molecule has 4 rings (SSSR count). The minimum Gasteiger partial charge on any atom is -0.370 e. The molecule has 1 saturated heterocycles. The zero-order valence-electron chi connectivity index (χ0n) is 14.7. The second kappa shape index (κ2) is 7.29. The summed E-state index contributed by atoms with van der Waals surface area (Å²) in [5.41, 5.74) is 1.37. The summed E-state index contributed by atoms with van der Waals surface area (Å²) in [6.45, 7) is 1.29. The summed E-state index contributed by atoms with van der Waals surface area (Å²) in [6, 6.07) is 7.57. The maximum absolute atomic E-state index is 12.4. The van der Waals surface area contributed by atoms with Crippen molar-refractivity contribution in [2.24, 2.45) is 13.0 Å². The first kappa shape index (κ1) is 16.8. The van der Waals surface area contributed by atoms with Gasteiger partial charge in [-0.1, -0.05) is 17.3 Å². The predicted molar refractivity (Wildman–Crippen MR) is 95.3 cm³/mol. The number of ether oxygens (including phenoxy) is 1. The third-order valence-corrected chi connectivity index (χ3v) is 4.90. The molecule has 3 heterocycles. The summed E-state index contributed by atoms with van der Waals surface area (Å²) in [5.74, 6) is 1.06. The van der Waals surface area contributed by atoms with E-state index in [0.717, 1.165) is 30.7 Å². The fraction of sp³-hybridized carbons (Fsp3) is 0.421. The molecule has 0 radical (unpaired) electrons. The van der Waals surface area contributed by atoms with E-state index in [0.29, 0.717) is 17.8 Å². The number of hydrogen-bond donors (Lipinski definition) is 1. The average molecular weight is 354 g/mol. The Labute approximate surface area is 151 Å². The number of amides is 1. The van der Waals surface area contributed by atoms with Crippen molar-refractivity contribution >= 4 is 16.9 Å². The summed E-state index contributed by atoms with van der Waals surface area (Å²) in [4.78, 5) is 16.8. The standard InChI is InChI=1S/C19H22N4O3/c1-23-9-8-20-19(23)18-13(5-4-10-25-18)12-21-17(24)11-15-14-6-2-3-7-16(14)26-22-15/h2-3,6-9,13,18H,4-5,10-12H2,1H3,(H,21,24)/t13-,18+/m0/s1. The van der Waals surface area contributed by atoms with Crippen LogP contribution in [0.25, 0.3) is 11.0 Å². The zero-order valence-corrected chi connectivity index (χ0v) is 14.7. The lowest BCUT2D eigenvalue weighted by atomic mass is 9.93. The molecule has 1 aromatic carbocycles. The first-order chi connectivity index (χ1) is 12.7. The molecule has 0 spiro atoms. The van der Waals surface area contributed by atoms with E-state index < -0.39 is 0 Å². The highest BCUT2D eigenvalue weighted by Gasteiger charge is 2.30. The van der Waals surface area contributed by atoms with Gasteiger partial charge in [0.2, 0.25) is 5.91 Å². The molecular weight excluding hydrogens is 332 g/mol. The molecule has 7 heteroatoms. The smallest absolute Gasteiger partial charge is 0.226 e.